The SMILES string of the molecule is [N-]=[N+]=NCCC#Cc1ccccc1S. The number of nitrogens with zero attached hydrogens (tertiary/aromatic N) is 3. The van der Waals surface area contributed by atoms with Crippen LogP contribution in [0.15, 0.2) is 34.3 Å². The van der Waals surface area contributed by atoms with Crippen LogP contribution < -0.4 is 0 Å². The molecule has 4 heteroatoms. The van der Waals surface area contributed by atoms with Gasteiger partial charge in [0.15, 0.2) is 0 Å². The van der Waals surface area contributed by atoms with Gasteiger partial charge in [0.2, 0.25) is 0 Å². The van der Waals surface area contributed by atoms with Crippen LogP contribution in [0, 0.1) is 11.8 Å². The zero-order valence-electron chi connectivity index (χ0n) is 7.51. The highest BCUT2D eigenvalue weighted by atomic mass is 32.1. The van der Waals surface area contributed by atoms with Gasteiger partial charge in [0, 0.05) is 28.3 Å². The minimum Gasteiger partial charge on any atom is -0.142 e. The summed E-state index contributed by atoms with van der Waals surface area (Å²) in [6.45, 7) is 0.415. The molecule has 0 radical (unpaired) electrons. The van der Waals surface area contributed by atoms with Crippen molar-refractivity contribution in [2.45, 2.75) is 11.3 Å². The van der Waals surface area contributed by atoms with Crippen LogP contribution in [0.5, 0.6) is 0 Å². The molecule has 0 N–H and O–H groups in total. The maximum absolute atomic E-state index is 8.02. The molecule has 1 aromatic carbocycles. The molecule has 1 aromatic rings. The molecule has 0 unspecified atom stereocenters. The molecule has 0 fully saturated rings. The first-order chi connectivity index (χ1) is 6.84. The van der Waals surface area contributed by atoms with Gasteiger partial charge in [-0.2, -0.15) is 0 Å². The molecule has 0 atom stereocenters. The Morgan fingerprint density at radius 2 is 2.21 bits per heavy atom. The third-order valence-electron chi connectivity index (χ3n) is 1.53. The standard InChI is InChI=1S/C10H9N3S/c11-13-12-8-4-3-6-9-5-1-2-7-10(9)14/h1-2,5,7,14H,4,8H2. The highest BCUT2D eigenvalue weighted by molar-refractivity contribution is 7.80. The Kier molecular flexibility index (Phi) is 4.49. The van der Waals surface area contributed by atoms with Gasteiger partial charge >= 0.3 is 0 Å². The van der Waals surface area contributed by atoms with E-state index in [9.17, 15) is 0 Å². The molecule has 0 aromatic heterocycles. The highest BCUT2D eigenvalue weighted by Gasteiger charge is 1.90. The fraction of sp³-hybridized carbons (Fsp3) is 0.200. The second kappa shape index (κ2) is 5.98. The minimum absolute atomic E-state index is 0.415. The van der Waals surface area contributed by atoms with Crippen LogP contribution in [0.3, 0.4) is 0 Å². The molecule has 0 aliphatic heterocycles. The number of rotatable bonds is 2. The van der Waals surface area contributed by atoms with Gasteiger partial charge in [0.25, 0.3) is 0 Å². The summed E-state index contributed by atoms with van der Waals surface area (Å²) in [5.41, 5.74) is 8.92. The monoisotopic (exact) mass is 203 g/mol. The molecule has 0 bridgehead atoms. The van der Waals surface area contributed by atoms with Crippen molar-refractivity contribution < 1.29 is 0 Å². The summed E-state index contributed by atoms with van der Waals surface area (Å²) in [5.74, 6) is 5.88. The fourth-order valence-corrected chi connectivity index (χ4v) is 1.10. The quantitative estimate of drug-likeness (QED) is 0.192. The lowest BCUT2D eigenvalue weighted by molar-refractivity contribution is 1.01. The minimum atomic E-state index is 0.415. The fourth-order valence-electron chi connectivity index (χ4n) is 0.888. The van der Waals surface area contributed by atoms with E-state index >= 15 is 0 Å². The molecule has 0 heterocycles. The maximum atomic E-state index is 8.02. The Bertz CT molecular complexity index is 411. The van der Waals surface area contributed by atoms with E-state index in [1.165, 1.54) is 0 Å². The third kappa shape index (κ3) is 3.44. The van der Waals surface area contributed by atoms with Gasteiger partial charge in [-0.1, -0.05) is 29.1 Å². The van der Waals surface area contributed by atoms with Crippen LogP contribution in [0.1, 0.15) is 12.0 Å². The first-order valence-corrected chi connectivity index (χ1v) is 4.57. The zero-order chi connectivity index (χ0) is 10.2. The van der Waals surface area contributed by atoms with Gasteiger partial charge in [-0.3, -0.25) is 0 Å². The van der Waals surface area contributed by atoms with Gasteiger partial charge in [0.1, 0.15) is 0 Å². The van der Waals surface area contributed by atoms with Gasteiger partial charge in [-0.15, -0.1) is 12.6 Å². The van der Waals surface area contributed by atoms with Crippen LogP contribution in [0.4, 0.5) is 0 Å². The molecule has 0 saturated carbocycles. The van der Waals surface area contributed by atoms with E-state index in [0.717, 1.165) is 10.5 Å². The Hall–Kier alpha value is -1.56. The summed E-state index contributed by atoms with van der Waals surface area (Å²) < 4.78 is 0. The first kappa shape index (κ1) is 10.5. The zero-order valence-corrected chi connectivity index (χ0v) is 8.41. The summed E-state index contributed by atoms with van der Waals surface area (Å²) in [4.78, 5) is 3.50. The largest absolute Gasteiger partial charge is 0.142 e. The summed E-state index contributed by atoms with van der Waals surface area (Å²) >= 11 is 4.26. The molecule has 1 rings (SSSR count). The molecule has 3 nitrogen and oxygen atoms in total. The van der Waals surface area contributed by atoms with Crippen molar-refractivity contribution in [1.29, 1.82) is 0 Å². The Balaban J connectivity index is 2.59. The predicted molar refractivity (Wildman–Crippen MR) is 59.2 cm³/mol. The lowest BCUT2D eigenvalue weighted by atomic mass is 10.2. The molecule has 14 heavy (non-hydrogen) atoms. The average Bonchev–Trinajstić information content (AvgIpc) is 2.20. The lowest BCUT2D eigenvalue weighted by Gasteiger charge is -1.93. The van der Waals surface area contributed by atoms with Crippen molar-refractivity contribution in [2.75, 3.05) is 6.54 Å². The maximum Gasteiger partial charge on any atom is 0.0378 e. The van der Waals surface area contributed by atoms with Crippen LogP contribution in [0.25, 0.3) is 10.4 Å². The van der Waals surface area contributed by atoms with Crippen LogP contribution in [0.2, 0.25) is 0 Å². The Morgan fingerprint density at radius 3 is 2.93 bits per heavy atom. The predicted octanol–water partition coefficient (Wildman–Crippen LogP) is 3.03. The van der Waals surface area contributed by atoms with Gasteiger partial charge in [-0.05, 0) is 17.7 Å². The van der Waals surface area contributed by atoms with Crippen LogP contribution in [-0.4, -0.2) is 6.54 Å². The molecular weight excluding hydrogens is 194 g/mol. The summed E-state index contributed by atoms with van der Waals surface area (Å²) in [5, 5.41) is 3.38. The Morgan fingerprint density at radius 1 is 1.43 bits per heavy atom. The summed E-state index contributed by atoms with van der Waals surface area (Å²) in [6, 6.07) is 7.62. The van der Waals surface area contributed by atoms with Gasteiger partial charge in [-0.25, -0.2) is 0 Å². The van der Waals surface area contributed by atoms with E-state index in [2.05, 4.69) is 34.5 Å². The van der Waals surface area contributed by atoms with E-state index in [-0.39, 0.29) is 0 Å². The van der Waals surface area contributed by atoms with Gasteiger partial charge < -0.3 is 0 Å². The molecule has 0 aliphatic carbocycles. The molecule has 0 saturated heterocycles. The van der Waals surface area contributed by atoms with Crippen molar-refractivity contribution >= 4 is 12.6 Å². The normalized spacial score (nSPS) is 8.36. The number of thiol groups is 1. The van der Waals surface area contributed by atoms with Crippen molar-refractivity contribution in [2.24, 2.45) is 5.11 Å². The smallest absolute Gasteiger partial charge is 0.0378 e. The molecular formula is C10H9N3S. The summed E-state index contributed by atoms with van der Waals surface area (Å²) in [6.07, 6.45) is 0.576. The van der Waals surface area contributed by atoms with Crippen LogP contribution in [-0.2, 0) is 0 Å². The molecule has 0 amide bonds. The van der Waals surface area contributed by atoms with Crippen molar-refractivity contribution in [1.82, 2.24) is 0 Å². The average molecular weight is 203 g/mol. The highest BCUT2D eigenvalue weighted by Crippen LogP contribution is 2.10. The molecule has 0 aliphatic rings. The number of hydrogen-bond donors (Lipinski definition) is 1. The van der Waals surface area contributed by atoms with E-state index < -0.39 is 0 Å². The van der Waals surface area contributed by atoms with Crippen molar-refractivity contribution in [3.63, 3.8) is 0 Å². The first-order valence-electron chi connectivity index (χ1n) is 4.12. The lowest BCUT2D eigenvalue weighted by Crippen LogP contribution is -1.77. The third-order valence-corrected chi connectivity index (χ3v) is 1.92. The second-order valence-corrected chi connectivity index (χ2v) is 3.01. The second-order valence-electron chi connectivity index (χ2n) is 2.52. The van der Waals surface area contributed by atoms with Crippen LogP contribution >= 0.6 is 12.6 Å². The van der Waals surface area contributed by atoms with Crippen molar-refractivity contribution in [3.8, 4) is 11.8 Å². The Labute approximate surface area is 88.2 Å². The summed E-state index contributed by atoms with van der Waals surface area (Å²) in [7, 11) is 0. The van der Waals surface area contributed by atoms with Gasteiger partial charge in [0.05, 0.1) is 0 Å². The number of benzene rings is 1. The van der Waals surface area contributed by atoms with E-state index in [4.69, 9.17) is 5.53 Å². The molecule has 0 spiro atoms. The van der Waals surface area contributed by atoms with E-state index in [1.807, 2.05) is 24.3 Å². The van der Waals surface area contributed by atoms with E-state index in [0.29, 0.717) is 13.0 Å². The van der Waals surface area contributed by atoms with Crippen molar-refractivity contribution in [3.05, 3.63) is 40.3 Å². The molecule has 70 valence electrons. The van der Waals surface area contributed by atoms with E-state index in [1.54, 1.807) is 0 Å². The number of hydrogen-bond acceptors (Lipinski definition) is 2. The topological polar surface area (TPSA) is 48.8 Å². The number of azide groups is 1.